The molecule has 3 aliphatic rings. The standard InChI is InChI=1S/C25H44N4O6.C10H11NO2/c1-8-10-16(18(30)21(32)26-15-12-13-15)27-20(31)17-11-9-14-29(17)22(33)19(24(2,3)4)28-23(34)35-25(5,6)7;12-10(13)11-6-5-8-3-1-2-4-9(8)7-11/h15-19,30H,8-14H2,1-7H3,(H,26,32)(H,27,31)(H,28,34);1-4H,5-7H2,(H,12,13)/t16?,17?,18?,19-;/m1./s1. The molecule has 1 saturated carbocycles. The van der Waals surface area contributed by atoms with Gasteiger partial charge in [-0.15, -0.1) is 0 Å². The number of alkyl carbamates (subject to hydrolysis) is 1. The van der Waals surface area contributed by atoms with Gasteiger partial charge in [-0.3, -0.25) is 14.4 Å². The zero-order valence-corrected chi connectivity index (χ0v) is 29.5. The van der Waals surface area contributed by atoms with E-state index in [2.05, 4.69) is 22.0 Å². The van der Waals surface area contributed by atoms with Crippen molar-refractivity contribution in [2.75, 3.05) is 13.1 Å². The molecular weight excluding hydrogens is 618 g/mol. The van der Waals surface area contributed by atoms with Crippen LogP contribution in [0, 0.1) is 5.41 Å². The van der Waals surface area contributed by atoms with Gasteiger partial charge in [-0.25, -0.2) is 9.59 Å². The third-order valence-corrected chi connectivity index (χ3v) is 8.51. The number of ether oxygens (including phenoxy) is 1. The number of rotatable bonds is 9. The minimum atomic E-state index is -1.36. The van der Waals surface area contributed by atoms with Crippen LogP contribution in [0.1, 0.15) is 98.1 Å². The van der Waals surface area contributed by atoms with E-state index < -0.39 is 59.2 Å². The Morgan fingerprint density at radius 3 is 2.17 bits per heavy atom. The van der Waals surface area contributed by atoms with Crippen molar-refractivity contribution in [1.82, 2.24) is 25.8 Å². The van der Waals surface area contributed by atoms with Crippen LogP contribution in [0.4, 0.5) is 9.59 Å². The van der Waals surface area contributed by atoms with Crippen molar-refractivity contribution in [3.63, 3.8) is 0 Å². The van der Waals surface area contributed by atoms with Crippen LogP contribution >= 0.6 is 0 Å². The Morgan fingerprint density at radius 1 is 0.958 bits per heavy atom. The molecule has 1 aliphatic carbocycles. The van der Waals surface area contributed by atoms with Gasteiger partial charge in [-0.2, -0.15) is 0 Å². The maximum atomic E-state index is 13.6. The zero-order valence-electron chi connectivity index (χ0n) is 29.5. The number of benzene rings is 1. The second-order valence-corrected chi connectivity index (χ2v) is 15.0. The van der Waals surface area contributed by atoms with Crippen molar-refractivity contribution in [1.29, 1.82) is 0 Å². The number of nitrogens with zero attached hydrogens (tertiary/aromatic N) is 2. The quantitative estimate of drug-likeness (QED) is 0.264. The molecule has 2 aliphatic heterocycles. The van der Waals surface area contributed by atoms with Crippen molar-refractivity contribution in [3.05, 3.63) is 35.4 Å². The number of likely N-dealkylation sites (tertiary alicyclic amines) is 1. The lowest BCUT2D eigenvalue weighted by Crippen LogP contribution is -2.59. The number of hydrogen-bond donors (Lipinski definition) is 5. The first-order valence-corrected chi connectivity index (χ1v) is 17.0. The van der Waals surface area contributed by atoms with E-state index in [0.29, 0.717) is 45.3 Å². The molecule has 0 aromatic heterocycles. The molecule has 0 bridgehead atoms. The summed E-state index contributed by atoms with van der Waals surface area (Å²) in [7, 11) is 0. The van der Waals surface area contributed by atoms with Gasteiger partial charge in [0.05, 0.1) is 6.04 Å². The van der Waals surface area contributed by atoms with E-state index in [9.17, 15) is 29.1 Å². The van der Waals surface area contributed by atoms with E-state index in [1.54, 1.807) is 20.8 Å². The smallest absolute Gasteiger partial charge is 0.408 e. The largest absolute Gasteiger partial charge is 0.465 e. The number of nitrogens with one attached hydrogen (secondary N) is 3. The summed E-state index contributed by atoms with van der Waals surface area (Å²) < 4.78 is 5.34. The monoisotopic (exact) mass is 673 g/mol. The number of amides is 5. The van der Waals surface area contributed by atoms with Crippen molar-refractivity contribution < 1.29 is 38.9 Å². The Hall–Kier alpha value is -3.87. The van der Waals surface area contributed by atoms with Gasteiger partial charge in [0, 0.05) is 25.7 Å². The fourth-order valence-electron chi connectivity index (χ4n) is 5.80. The number of aliphatic hydroxyl groups excluding tert-OH is 1. The Balaban J connectivity index is 0.000000396. The Bertz CT molecular complexity index is 1300. The first-order chi connectivity index (χ1) is 22.4. The molecule has 0 radical (unpaired) electrons. The number of carbonyl (C=O) groups is 5. The first-order valence-electron chi connectivity index (χ1n) is 17.0. The molecule has 48 heavy (non-hydrogen) atoms. The maximum Gasteiger partial charge on any atom is 0.408 e. The molecule has 1 saturated heterocycles. The van der Waals surface area contributed by atoms with Crippen LogP contribution in [0.5, 0.6) is 0 Å². The predicted octanol–water partition coefficient (Wildman–Crippen LogP) is 3.56. The Kier molecular flexibility index (Phi) is 13.3. The van der Waals surface area contributed by atoms with Crippen LogP contribution < -0.4 is 16.0 Å². The van der Waals surface area contributed by atoms with Crippen molar-refractivity contribution in [3.8, 4) is 0 Å². The molecule has 1 aromatic carbocycles. The summed E-state index contributed by atoms with van der Waals surface area (Å²) in [6.45, 7) is 14.2. The molecule has 13 heteroatoms. The minimum absolute atomic E-state index is 0.102. The van der Waals surface area contributed by atoms with E-state index in [4.69, 9.17) is 9.84 Å². The van der Waals surface area contributed by atoms with Gasteiger partial charge in [0.15, 0.2) is 6.10 Å². The summed E-state index contributed by atoms with van der Waals surface area (Å²) in [6, 6.07) is 5.71. The van der Waals surface area contributed by atoms with Gasteiger partial charge < -0.3 is 40.7 Å². The fourth-order valence-corrected chi connectivity index (χ4v) is 5.80. The number of carbonyl (C=O) groups excluding carboxylic acids is 4. The third-order valence-electron chi connectivity index (χ3n) is 8.51. The molecule has 5 amide bonds. The molecule has 1 aromatic rings. The molecule has 4 rings (SSSR count). The SMILES string of the molecule is CCCC(NC(=O)C1CCCN1C(=O)[C@@H](NC(=O)OC(C)(C)C)C(C)(C)C)C(O)C(=O)NC1CC1.O=C(O)N1CCc2ccccc2C1. The van der Waals surface area contributed by atoms with E-state index in [1.807, 2.05) is 45.9 Å². The molecule has 0 spiro atoms. The molecule has 268 valence electrons. The number of fused-ring (bicyclic) bond motifs is 1. The second kappa shape index (κ2) is 16.5. The van der Waals surface area contributed by atoms with Gasteiger partial charge in [-0.05, 0) is 75.8 Å². The fraction of sp³-hybridized carbons (Fsp3) is 0.686. The summed E-state index contributed by atoms with van der Waals surface area (Å²) >= 11 is 0. The van der Waals surface area contributed by atoms with Crippen LogP contribution in [0.3, 0.4) is 0 Å². The second-order valence-electron chi connectivity index (χ2n) is 15.0. The predicted molar refractivity (Wildman–Crippen MR) is 180 cm³/mol. The summed E-state index contributed by atoms with van der Waals surface area (Å²) in [4.78, 5) is 65.2. The van der Waals surface area contributed by atoms with E-state index in [1.165, 1.54) is 15.4 Å². The molecular formula is C35H55N5O8. The average Bonchev–Trinajstić information content (AvgIpc) is 3.67. The zero-order chi connectivity index (χ0) is 35.8. The minimum Gasteiger partial charge on any atom is -0.465 e. The topological polar surface area (TPSA) is 178 Å². The highest BCUT2D eigenvalue weighted by Gasteiger charge is 2.43. The molecule has 2 fully saturated rings. The number of hydrogen-bond acceptors (Lipinski definition) is 7. The third kappa shape index (κ3) is 11.4. The average molecular weight is 674 g/mol. The summed E-state index contributed by atoms with van der Waals surface area (Å²) in [5, 5.41) is 27.6. The lowest BCUT2D eigenvalue weighted by molar-refractivity contribution is -0.143. The van der Waals surface area contributed by atoms with Gasteiger partial charge >= 0.3 is 12.2 Å². The number of aliphatic hydroxyl groups is 1. The van der Waals surface area contributed by atoms with Gasteiger partial charge in [-0.1, -0.05) is 58.4 Å². The molecule has 5 N–H and O–H groups in total. The highest BCUT2D eigenvalue weighted by atomic mass is 16.6. The number of carboxylic acid groups (broad SMARTS) is 1. The summed E-state index contributed by atoms with van der Waals surface area (Å²) in [6.07, 6.45) is 1.94. The van der Waals surface area contributed by atoms with E-state index >= 15 is 0 Å². The molecule has 13 nitrogen and oxygen atoms in total. The van der Waals surface area contributed by atoms with E-state index in [0.717, 1.165) is 24.8 Å². The van der Waals surface area contributed by atoms with Crippen LogP contribution in [0.15, 0.2) is 24.3 Å². The van der Waals surface area contributed by atoms with Crippen LogP contribution in [0.2, 0.25) is 0 Å². The van der Waals surface area contributed by atoms with E-state index in [-0.39, 0.29) is 11.9 Å². The van der Waals surface area contributed by atoms with Crippen LogP contribution in [-0.4, -0.2) is 98.9 Å². The van der Waals surface area contributed by atoms with Crippen LogP contribution in [-0.2, 0) is 32.1 Å². The highest BCUT2D eigenvalue weighted by Crippen LogP contribution is 2.27. The summed E-state index contributed by atoms with van der Waals surface area (Å²) in [5.41, 5.74) is 1.07. The highest BCUT2D eigenvalue weighted by molar-refractivity contribution is 5.93. The van der Waals surface area contributed by atoms with Crippen molar-refractivity contribution in [2.24, 2.45) is 5.41 Å². The molecule has 2 heterocycles. The van der Waals surface area contributed by atoms with Crippen molar-refractivity contribution >= 4 is 29.9 Å². The first kappa shape index (κ1) is 38.6. The lowest BCUT2D eigenvalue weighted by Gasteiger charge is -2.36. The Morgan fingerprint density at radius 2 is 1.60 bits per heavy atom. The molecule has 4 atom stereocenters. The van der Waals surface area contributed by atoms with Gasteiger partial charge in [0.25, 0.3) is 5.91 Å². The van der Waals surface area contributed by atoms with Gasteiger partial charge in [0.2, 0.25) is 11.8 Å². The van der Waals surface area contributed by atoms with Crippen LogP contribution in [0.25, 0.3) is 0 Å². The maximum absolute atomic E-state index is 13.6. The Labute approximate surface area is 284 Å². The van der Waals surface area contributed by atoms with Gasteiger partial charge in [0.1, 0.15) is 17.7 Å². The normalized spacial score (nSPS) is 19.5. The van der Waals surface area contributed by atoms with Crippen molar-refractivity contribution in [2.45, 2.75) is 136 Å². The lowest BCUT2D eigenvalue weighted by atomic mass is 9.85. The molecule has 3 unspecified atom stereocenters. The summed E-state index contributed by atoms with van der Waals surface area (Å²) in [5.74, 6) is -1.25.